The van der Waals surface area contributed by atoms with Gasteiger partial charge < -0.3 is 20.5 Å². The van der Waals surface area contributed by atoms with E-state index in [1.54, 1.807) is 18.2 Å². The fourth-order valence-electron chi connectivity index (χ4n) is 3.52. The molecule has 13 heteroatoms. The molecular weight excluding hydrogens is 505 g/mol. The standard InChI is InChI=1S/C23H19Cl2N9O2/c1-33(2)11-17-29-20(32-36-17)12-6-8-13(9-7-12)28-22-27-10-14-19(26)34(23(35)31-21(14)30-22)18-15(24)4-3-5-16(18)25/h3-10H,11,26H2,1-2H3,(H,28,30,31,35). The molecule has 0 fully saturated rings. The quantitative estimate of drug-likeness (QED) is 0.336. The number of halogens is 2. The van der Waals surface area contributed by atoms with E-state index < -0.39 is 5.69 Å². The molecule has 0 aliphatic heterocycles. The van der Waals surface area contributed by atoms with Crippen LogP contribution in [0.4, 0.5) is 17.5 Å². The van der Waals surface area contributed by atoms with Crippen molar-refractivity contribution in [2.45, 2.75) is 6.54 Å². The summed E-state index contributed by atoms with van der Waals surface area (Å²) in [6.45, 7) is 0.557. The van der Waals surface area contributed by atoms with Crippen molar-refractivity contribution in [3.63, 3.8) is 0 Å². The lowest BCUT2D eigenvalue weighted by Crippen LogP contribution is -2.25. The van der Waals surface area contributed by atoms with E-state index in [1.807, 2.05) is 43.3 Å². The normalized spacial score (nSPS) is 11.4. The summed E-state index contributed by atoms with van der Waals surface area (Å²) in [4.78, 5) is 31.9. The first kappa shape index (κ1) is 23.7. The molecule has 0 unspecified atom stereocenters. The summed E-state index contributed by atoms with van der Waals surface area (Å²) in [5.41, 5.74) is 7.48. The van der Waals surface area contributed by atoms with Crippen LogP contribution >= 0.6 is 23.2 Å². The Kier molecular flexibility index (Phi) is 6.27. The fraction of sp³-hybridized carbons (Fsp3) is 0.130. The third kappa shape index (κ3) is 4.59. The lowest BCUT2D eigenvalue weighted by molar-refractivity contribution is 0.303. The van der Waals surface area contributed by atoms with Crippen molar-refractivity contribution >= 4 is 51.7 Å². The molecule has 0 amide bonds. The lowest BCUT2D eigenvalue weighted by Gasteiger charge is -2.14. The van der Waals surface area contributed by atoms with Crippen LogP contribution in [0.1, 0.15) is 5.89 Å². The maximum absolute atomic E-state index is 12.8. The number of hydrogen-bond donors (Lipinski definition) is 2. The SMILES string of the molecule is CN(C)Cc1nc(-c2ccc(Nc3ncc4c(N)n(-c5c(Cl)cccc5Cl)c(=O)nc4n3)cc2)no1. The molecule has 0 bridgehead atoms. The lowest BCUT2D eigenvalue weighted by atomic mass is 10.2. The van der Waals surface area contributed by atoms with Gasteiger partial charge in [0.2, 0.25) is 17.7 Å². The van der Waals surface area contributed by atoms with Crippen LogP contribution in [-0.2, 0) is 6.54 Å². The Morgan fingerprint density at radius 3 is 2.47 bits per heavy atom. The van der Waals surface area contributed by atoms with Crippen molar-refractivity contribution in [2.24, 2.45) is 0 Å². The highest BCUT2D eigenvalue weighted by Crippen LogP contribution is 2.30. The van der Waals surface area contributed by atoms with Crippen molar-refractivity contribution in [2.75, 3.05) is 25.1 Å². The number of rotatable bonds is 6. The highest BCUT2D eigenvalue weighted by atomic mass is 35.5. The van der Waals surface area contributed by atoms with Gasteiger partial charge in [0.1, 0.15) is 5.82 Å². The fourth-order valence-corrected chi connectivity index (χ4v) is 4.09. The number of nitrogen functional groups attached to an aromatic ring is 1. The van der Waals surface area contributed by atoms with Gasteiger partial charge in [-0.05, 0) is 50.5 Å². The summed E-state index contributed by atoms with van der Waals surface area (Å²) in [6.07, 6.45) is 1.48. The van der Waals surface area contributed by atoms with E-state index >= 15 is 0 Å². The average Bonchev–Trinajstić information content (AvgIpc) is 3.29. The minimum atomic E-state index is -0.669. The van der Waals surface area contributed by atoms with Gasteiger partial charge in [0.05, 0.1) is 27.7 Å². The molecule has 11 nitrogen and oxygen atoms in total. The summed E-state index contributed by atoms with van der Waals surface area (Å²) in [5.74, 6) is 1.34. The molecule has 0 aliphatic carbocycles. The zero-order valence-corrected chi connectivity index (χ0v) is 20.6. The second kappa shape index (κ2) is 9.53. The molecule has 3 heterocycles. The molecule has 0 atom stereocenters. The van der Waals surface area contributed by atoms with Crippen LogP contribution in [0.5, 0.6) is 0 Å². The van der Waals surface area contributed by atoms with E-state index in [4.69, 9.17) is 33.5 Å². The number of fused-ring (bicyclic) bond motifs is 1. The minimum absolute atomic E-state index is 0.0738. The van der Waals surface area contributed by atoms with E-state index in [2.05, 4.69) is 30.4 Å². The van der Waals surface area contributed by atoms with Gasteiger partial charge in [-0.2, -0.15) is 15.0 Å². The van der Waals surface area contributed by atoms with E-state index in [0.717, 1.165) is 10.1 Å². The molecule has 36 heavy (non-hydrogen) atoms. The molecule has 0 saturated heterocycles. The molecule has 5 rings (SSSR count). The number of nitrogens with zero attached hydrogens (tertiary/aromatic N) is 7. The van der Waals surface area contributed by atoms with Crippen molar-refractivity contribution in [3.8, 4) is 17.1 Å². The highest BCUT2D eigenvalue weighted by Gasteiger charge is 2.17. The summed E-state index contributed by atoms with van der Waals surface area (Å²) in [7, 11) is 3.85. The smallest absolute Gasteiger partial charge is 0.355 e. The number of para-hydroxylation sites is 1. The van der Waals surface area contributed by atoms with Crippen LogP contribution in [0.15, 0.2) is 58.0 Å². The van der Waals surface area contributed by atoms with Gasteiger partial charge in [-0.15, -0.1) is 0 Å². The predicted molar refractivity (Wildman–Crippen MR) is 138 cm³/mol. The van der Waals surface area contributed by atoms with Gasteiger partial charge in [-0.1, -0.05) is 34.4 Å². The van der Waals surface area contributed by atoms with E-state index in [-0.39, 0.29) is 33.1 Å². The number of nitrogens with one attached hydrogen (secondary N) is 1. The summed E-state index contributed by atoms with van der Waals surface area (Å²) in [5, 5.41) is 7.99. The Hall–Kier alpha value is -4.06. The number of nitrogens with two attached hydrogens (primary N) is 1. The van der Waals surface area contributed by atoms with Gasteiger partial charge >= 0.3 is 5.69 Å². The largest absolute Gasteiger partial charge is 0.384 e. The molecule has 0 radical (unpaired) electrons. The van der Waals surface area contributed by atoms with Gasteiger partial charge in [0.15, 0.2) is 5.65 Å². The maximum Gasteiger partial charge on any atom is 0.355 e. The number of aromatic nitrogens is 6. The highest BCUT2D eigenvalue weighted by molar-refractivity contribution is 6.37. The Balaban J connectivity index is 1.42. The van der Waals surface area contributed by atoms with Crippen molar-refractivity contribution in [1.29, 1.82) is 0 Å². The van der Waals surface area contributed by atoms with E-state index in [0.29, 0.717) is 29.3 Å². The number of hydrogen-bond acceptors (Lipinski definition) is 10. The summed E-state index contributed by atoms with van der Waals surface area (Å²) < 4.78 is 6.41. The Morgan fingerprint density at radius 2 is 1.78 bits per heavy atom. The van der Waals surface area contributed by atoms with Crippen molar-refractivity contribution in [1.82, 2.24) is 34.6 Å². The Bertz CT molecular complexity index is 1610. The van der Waals surface area contributed by atoms with Crippen LogP contribution < -0.4 is 16.7 Å². The number of anilines is 3. The van der Waals surface area contributed by atoms with Gasteiger partial charge in [-0.25, -0.2) is 14.3 Å². The molecule has 3 aromatic heterocycles. The Morgan fingerprint density at radius 1 is 1.06 bits per heavy atom. The molecule has 3 N–H and O–H groups in total. The molecule has 0 aliphatic rings. The monoisotopic (exact) mass is 523 g/mol. The van der Waals surface area contributed by atoms with Gasteiger partial charge in [-0.3, -0.25) is 0 Å². The summed E-state index contributed by atoms with van der Waals surface area (Å²) in [6, 6.07) is 12.2. The maximum atomic E-state index is 12.8. The van der Waals surface area contributed by atoms with E-state index in [9.17, 15) is 4.79 Å². The Labute approximate surface area is 214 Å². The van der Waals surface area contributed by atoms with Crippen LogP contribution in [0, 0.1) is 0 Å². The summed E-state index contributed by atoms with van der Waals surface area (Å²) >= 11 is 12.5. The van der Waals surface area contributed by atoms with Crippen molar-refractivity contribution < 1.29 is 4.52 Å². The first-order valence-electron chi connectivity index (χ1n) is 10.6. The molecule has 0 saturated carbocycles. The third-order valence-corrected chi connectivity index (χ3v) is 5.77. The van der Waals surface area contributed by atoms with Gasteiger partial charge in [0.25, 0.3) is 0 Å². The average molecular weight is 524 g/mol. The van der Waals surface area contributed by atoms with Crippen LogP contribution in [0.2, 0.25) is 10.0 Å². The topological polar surface area (TPSA) is 141 Å². The number of benzene rings is 2. The third-order valence-electron chi connectivity index (χ3n) is 5.16. The second-order valence-corrected chi connectivity index (χ2v) is 8.88. The van der Waals surface area contributed by atoms with Crippen LogP contribution in [0.25, 0.3) is 28.1 Å². The van der Waals surface area contributed by atoms with Crippen LogP contribution in [0.3, 0.4) is 0 Å². The van der Waals surface area contributed by atoms with E-state index in [1.165, 1.54) is 6.20 Å². The second-order valence-electron chi connectivity index (χ2n) is 8.07. The molecule has 182 valence electrons. The molecule has 5 aromatic rings. The molecule has 2 aromatic carbocycles. The predicted octanol–water partition coefficient (Wildman–Crippen LogP) is 3.92. The van der Waals surface area contributed by atoms with Gasteiger partial charge in [0, 0.05) is 17.4 Å². The minimum Gasteiger partial charge on any atom is -0.384 e. The molecular formula is C23H19Cl2N9O2. The first-order chi connectivity index (χ1) is 17.3. The van der Waals surface area contributed by atoms with Crippen molar-refractivity contribution in [3.05, 3.63) is 75.1 Å². The molecule has 0 spiro atoms. The van der Waals surface area contributed by atoms with Crippen LogP contribution in [-0.4, -0.2) is 48.7 Å². The zero-order valence-electron chi connectivity index (χ0n) is 19.1. The zero-order chi connectivity index (χ0) is 25.4. The first-order valence-corrected chi connectivity index (χ1v) is 11.4.